The van der Waals surface area contributed by atoms with E-state index in [1.54, 1.807) is 0 Å². The Morgan fingerprint density at radius 3 is 2.57 bits per heavy atom. The molecule has 0 spiro atoms. The summed E-state index contributed by atoms with van der Waals surface area (Å²) in [7, 11) is 0.760. The van der Waals surface area contributed by atoms with Gasteiger partial charge in [-0.05, 0) is 0 Å². The first kappa shape index (κ1) is 6.48. The number of rotatable bonds is 0. The molecule has 0 atom stereocenters. The molecule has 3 nitrogen and oxygen atoms in total. The summed E-state index contributed by atoms with van der Waals surface area (Å²) in [6, 6.07) is 0. The van der Waals surface area contributed by atoms with Crippen molar-refractivity contribution in [2.24, 2.45) is 0 Å². The van der Waals surface area contributed by atoms with Gasteiger partial charge in [0.05, 0.1) is 0 Å². The van der Waals surface area contributed by atoms with Crippen LogP contribution < -0.4 is 0 Å². The summed E-state index contributed by atoms with van der Waals surface area (Å²) in [6.45, 7) is 0. The quantitative estimate of drug-likeness (QED) is 0.341. The average Bonchev–Trinajstić information content (AvgIpc) is 1.68. The number of carbonyl (C=O) groups is 1. The van der Waals surface area contributed by atoms with Crippen molar-refractivity contribution < 1.29 is 14.1 Å². The number of hydrogen-bond acceptors (Lipinski definition) is 3. The zero-order chi connectivity index (χ0) is 5.70. The van der Waals surface area contributed by atoms with Crippen LogP contribution in [0.3, 0.4) is 0 Å². The van der Waals surface area contributed by atoms with Crippen LogP contribution in [0.5, 0.6) is 0 Å². The molecule has 0 amide bonds. The minimum absolute atomic E-state index is 0.435. The van der Waals surface area contributed by atoms with Crippen LogP contribution in [-0.4, -0.2) is 13.1 Å². The molecule has 0 aliphatic carbocycles. The molecule has 38 valence electrons. The van der Waals surface area contributed by atoms with Gasteiger partial charge in [0, 0.05) is 0 Å². The normalized spacial score (nSPS) is 6.43. The van der Waals surface area contributed by atoms with E-state index in [2.05, 4.69) is 4.74 Å². The van der Waals surface area contributed by atoms with Crippen molar-refractivity contribution in [2.45, 2.75) is 0 Å². The molecule has 0 fully saturated rings. The van der Waals surface area contributed by atoms with Crippen LogP contribution in [0.1, 0.15) is 0 Å². The van der Waals surface area contributed by atoms with Crippen LogP contribution in [0.2, 0.25) is 0 Å². The van der Waals surface area contributed by atoms with Crippen LogP contribution in [-0.2, 0) is 14.1 Å². The molecule has 0 radical (unpaired) electrons. The average molecular weight is 118 g/mol. The van der Waals surface area contributed by atoms with E-state index >= 15 is 0 Å². The third kappa shape index (κ3) is 3.31. The monoisotopic (exact) mass is 118 g/mol. The van der Waals surface area contributed by atoms with Crippen molar-refractivity contribution in [3.63, 3.8) is 0 Å². The van der Waals surface area contributed by atoms with Crippen molar-refractivity contribution in [3.8, 4) is 5.63 Å². The summed E-state index contributed by atoms with van der Waals surface area (Å²) in [5.74, 6) is -0.698. The number of esters is 1. The third-order valence-electron chi connectivity index (χ3n) is 0.322. The topological polar surface area (TPSA) is 43.4 Å². The van der Waals surface area contributed by atoms with Gasteiger partial charge in [-0.2, -0.15) is 0 Å². The molecule has 0 bridgehead atoms. The molecule has 4 heteroatoms. The van der Waals surface area contributed by atoms with Gasteiger partial charge >= 0.3 is 40.7 Å². The predicted molar refractivity (Wildman–Crippen MR) is 23.5 cm³/mol. The second kappa shape index (κ2) is 3.66. The first-order valence-electron chi connectivity index (χ1n) is 1.47. The Hall–Kier alpha value is -0.520. The van der Waals surface area contributed by atoms with Gasteiger partial charge in [0.1, 0.15) is 0 Å². The van der Waals surface area contributed by atoms with Gasteiger partial charge in [-0.15, -0.1) is 0 Å². The molecule has 0 aromatic carbocycles. The first-order valence-corrected chi connectivity index (χ1v) is 2.29. The maximum atomic E-state index is 9.87. The Morgan fingerprint density at radius 2 is 2.43 bits per heavy atom. The molecular weight excluding hydrogens is 115 g/mol. The number of ether oxygens (including phenoxy) is 1. The molecule has 0 N–H and O–H groups in total. The maximum absolute atomic E-state index is 9.87. The molecule has 0 aliphatic rings. The van der Waals surface area contributed by atoms with Crippen LogP contribution in [0, 0.1) is 5.63 Å². The minimum atomic E-state index is -0.698. The fourth-order valence-electron chi connectivity index (χ4n) is 0.0829. The molecule has 0 aliphatic heterocycles. The standard InChI is InChI=1S/C3H3O3P/c1-6-3(4)2-7-5/h1H3. The molecule has 0 saturated heterocycles. The third-order valence-corrected chi connectivity index (χ3v) is 0.596. The van der Waals surface area contributed by atoms with Gasteiger partial charge in [-0.3, -0.25) is 0 Å². The molecule has 0 unspecified atom stereocenters. The Morgan fingerprint density at radius 1 is 1.86 bits per heavy atom. The van der Waals surface area contributed by atoms with Crippen molar-refractivity contribution in [3.05, 3.63) is 0 Å². The Labute approximate surface area is 41.8 Å². The molecule has 0 heterocycles. The SMILES string of the molecule is COC(=O)C#P=O. The molecule has 0 saturated carbocycles. The fraction of sp³-hybridized carbons (Fsp3) is 0.333. The number of hydrogen-bond donors (Lipinski definition) is 0. The Bertz CT molecular complexity index is 154. The van der Waals surface area contributed by atoms with Crippen LogP contribution in [0.15, 0.2) is 0 Å². The Kier molecular flexibility index (Phi) is 3.39. The number of methoxy groups -OCH3 is 1. The van der Waals surface area contributed by atoms with E-state index in [0.717, 1.165) is 0 Å². The van der Waals surface area contributed by atoms with Gasteiger partial charge in [-0.25, -0.2) is 0 Å². The van der Waals surface area contributed by atoms with Gasteiger partial charge < -0.3 is 0 Å². The van der Waals surface area contributed by atoms with E-state index in [9.17, 15) is 9.36 Å². The summed E-state index contributed by atoms with van der Waals surface area (Å²) in [5.41, 5.74) is 1.85. The van der Waals surface area contributed by atoms with Gasteiger partial charge in [-0.1, -0.05) is 0 Å². The molecule has 0 rings (SSSR count). The van der Waals surface area contributed by atoms with E-state index in [0.29, 0.717) is 0 Å². The van der Waals surface area contributed by atoms with Gasteiger partial charge in [0.2, 0.25) is 0 Å². The van der Waals surface area contributed by atoms with Crippen molar-refractivity contribution in [1.82, 2.24) is 0 Å². The van der Waals surface area contributed by atoms with Gasteiger partial charge in [0.15, 0.2) is 0 Å². The zero-order valence-corrected chi connectivity index (χ0v) is 4.57. The van der Waals surface area contributed by atoms with E-state index in [1.807, 2.05) is 5.63 Å². The van der Waals surface area contributed by atoms with E-state index < -0.39 is 13.9 Å². The second-order valence-corrected chi connectivity index (χ2v) is 1.10. The van der Waals surface area contributed by atoms with E-state index in [4.69, 9.17) is 0 Å². The zero-order valence-electron chi connectivity index (χ0n) is 3.67. The van der Waals surface area contributed by atoms with E-state index in [-0.39, 0.29) is 0 Å². The molecule has 0 aromatic rings. The van der Waals surface area contributed by atoms with Crippen molar-refractivity contribution in [2.75, 3.05) is 7.11 Å². The fourth-order valence-corrected chi connectivity index (χ4v) is 0.249. The summed E-state index contributed by atoms with van der Waals surface area (Å²) >= 11 is 0. The summed E-state index contributed by atoms with van der Waals surface area (Å²) in [6.07, 6.45) is 0. The molecule has 0 aromatic heterocycles. The Balaban J connectivity index is 3.75. The first-order chi connectivity index (χ1) is 3.31. The second-order valence-electron chi connectivity index (χ2n) is 0.695. The number of carbonyl (C=O) groups excluding carboxylic acids is 1. The van der Waals surface area contributed by atoms with Crippen LogP contribution in [0.4, 0.5) is 0 Å². The van der Waals surface area contributed by atoms with Crippen LogP contribution in [0.25, 0.3) is 0 Å². The molecule has 7 heavy (non-hydrogen) atoms. The summed E-state index contributed by atoms with van der Waals surface area (Å²) in [5, 5.41) is 0. The predicted octanol–water partition coefficient (Wildman–Crippen LogP) is 0.410. The van der Waals surface area contributed by atoms with Gasteiger partial charge in [0.25, 0.3) is 0 Å². The van der Waals surface area contributed by atoms with Crippen molar-refractivity contribution >= 4 is 13.9 Å². The summed E-state index contributed by atoms with van der Waals surface area (Å²) < 4.78 is 13.5. The summed E-state index contributed by atoms with van der Waals surface area (Å²) in [4.78, 5) is 9.87. The van der Waals surface area contributed by atoms with Crippen LogP contribution >= 0.6 is 7.92 Å². The van der Waals surface area contributed by atoms with E-state index in [1.165, 1.54) is 7.11 Å². The van der Waals surface area contributed by atoms with Crippen molar-refractivity contribution in [1.29, 1.82) is 0 Å². The molecular formula is C3H3O3P.